The quantitative estimate of drug-likeness (QED) is 0.506. The van der Waals surface area contributed by atoms with Gasteiger partial charge in [-0.05, 0) is 66.4 Å². The fraction of sp³-hybridized carbons (Fsp3) is 0.296. The molecule has 0 aromatic heterocycles. The first-order valence-corrected chi connectivity index (χ1v) is 11.0. The van der Waals surface area contributed by atoms with Crippen molar-refractivity contribution in [3.05, 3.63) is 89.0 Å². The molecule has 34 heavy (non-hydrogen) atoms. The van der Waals surface area contributed by atoms with E-state index in [4.69, 9.17) is 19.7 Å². The van der Waals surface area contributed by atoms with Gasteiger partial charge in [-0.2, -0.15) is 0 Å². The van der Waals surface area contributed by atoms with Gasteiger partial charge in [0, 0.05) is 12.6 Å². The molecule has 0 aliphatic carbocycles. The van der Waals surface area contributed by atoms with Crippen LogP contribution in [0.5, 0.6) is 17.2 Å². The molecule has 1 aliphatic heterocycles. The number of aliphatic hydroxyl groups is 1. The lowest BCUT2D eigenvalue weighted by Gasteiger charge is -2.35. The van der Waals surface area contributed by atoms with Gasteiger partial charge in [-0.3, -0.25) is 4.90 Å². The molecule has 0 saturated carbocycles. The van der Waals surface area contributed by atoms with Crippen molar-refractivity contribution in [2.45, 2.75) is 25.0 Å². The van der Waals surface area contributed by atoms with Gasteiger partial charge in [-0.15, -0.1) is 0 Å². The van der Waals surface area contributed by atoms with Crippen LogP contribution in [0.15, 0.2) is 66.7 Å². The normalized spacial score (nSPS) is 15.9. The van der Waals surface area contributed by atoms with E-state index in [-0.39, 0.29) is 0 Å². The molecule has 0 fully saturated rings. The van der Waals surface area contributed by atoms with Crippen LogP contribution >= 0.6 is 0 Å². The number of aliphatic carboxylic acids is 1. The van der Waals surface area contributed by atoms with Crippen LogP contribution in [0, 0.1) is 0 Å². The van der Waals surface area contributed by atoms with Crippen LogP contribution < -0.4 is 9.47 Å². The third kappa shape index (κ3) is 6.07. The Balaban J connectivity index is 0.000000248. The molecular weight excluding hydrogens is 434 g/mol. The number of carboxylic acids is 1. The molecule has 1 aliphatic rings. The number of likely N-dealkylation sites (N-methyl/N-ethyl adjacent to an activating group) is 1. The number of nitrogens with zero attached hydrogens (tertiary/aromatic N) is 1. The highest BCUT2D eigenvalue weighted by Gasteiger charge is 2.27. The highest BCUT2D eigenvalue weighted by molar-refractivity contribution is 5.73. The third-order valence-corrected chi connectivity index (χ3v) is 5.98. The summed E-state index contributed by atoms with van der Waals surface area (Å²) in [6.45, 7) is 1.02. The van der Waals surface area contributed by atoms with Crippen molar-refractivity contribution in [2.75, 3.05) is 27.8 Å². The number of hydrogen-bond donors (Lipinski definition) is 3. The zero-order valence-corrected chi connectivity index (χ0v) is 19.6. The number of fused-ring (bicyclic) bond motifs is 1. The van der Waals surface area contributed by atoms with Crippen molar-refractivity contribution < 1.29 is 29.6 Å². The molecule has 0 spiro atoms. The minimum absolute atomic E-state index is 0.295. The van der Waals surface area contributed by atoms with Gasteiger partial charge in [0.1, 0.15) is 5.75 Å². The predicted octanol–water partition coefficient (Wildman–Crippen LogP) is 3.99. The second-order valence-corrected chi connectivity index (χ2v) is 8.17. The Morgan fingerprint density at radius 1 is 1.03 bits per heavy atom. The number of phenols is 1. The Hall–Kier alpha value is -3.55. The van der Waals surface area contributed by atoms with Crippen molar-refractivity contribution in [1.82, 2.24) is 4.90 Å². The minimum Gasteiger partial charge on any atom is -0.508 e. The van der Waals surface area contributed by atoms with E-state index in [9.17, 15) is 9.90 Å². The largest absolute Gasteiger partial charge is 0.508 e. The Morgan fingerprint density at radius 2 is 1.65 bits per heavy atom. The van der Waals surface area contributed by atoms with E-state index in [1.165, 1.54) is 16.7 Å². The predicted molar refractivity (Wildman–Crippen MR) is 129 cm³/mol. The molecular formula is C27H31NO6. The molecule has 0 radical (unpaired) electrons. The van der Waals surface area contributed by atoms with E-state index in [0.29, 0.717) is 17.4 Å². The number of phenolic OH excluding ortho intramolecular Hbond substituents is 1. The molecule has 7 heteroatoms. The van der Waals surface area contributed by atoms with Gasteiger partial charge in [0.15, 0.2) is 17.6 Å². The Labute approximate surface area is 199 Å². The van der Waals surface area contributed by atoms with Crippen LogP contribution in [0.4, 0.5) is 0 Å². The molecule has 7 nitrogen and oxygen atoms in total. The number of aromatic hydroxyl groups is 1. The average molecular weight is 466 g/mol. The van der Waals surface area contributed by atoms with Crippen LogP contribution in [-0.2, 0) is 17.6 Å². The van der Waals surface area contributed by atoms with Crippen molar-refractivity contribution in [3.63, 3.8) is 0 Å². The molecule has 0 amide bonds. The van der Waals surface area contributed by atoms with Gasteiger partial charge in [0.05, 0.1) is 14.2 Å². The number of carboxylic acid groups (broad SMARTS) is 1. The molecule has 180 valence electrons. The summed E-state index contributed by atoms with van der Waals surface area (Å²) in [5.41, 5.74) is 4.23. The molecule has 0 saturated heterocycles. The number of ether oxygens (including phenoxy) is 2. The summed E-state index contributed by atoms with van der Waals surface area (Å²) >= 11 is 0. The number of benzene rings is 3. The van der Waals surface area contributed by atoms with E-state index in [2.05, 4.69) is 24.1 Å². The molecule has 3 aromatic carbocycles. The standard InChI is InChI=1S/C19H23NO3.C8H8O3/c1-20-9-8-14-11-18(22-2)19(23-3)12-16(14)17(20)10-13-4-6-15(21)7-5-13;9-7(8(10)11)6-4-2-1-3-5-6/h4-7,11-12,17,21H,8-10H2,1-3H3;1-5,7,9H,(H,10,11). The molecule has 3 aromatic rings. The second-order valence-electron chi connectivity index (χ2n) is 8.17. The van der Waals surface area contributed by atoms with Gasteiger partial charge in [0.25, 0.3) is 0 Å². The number of carbonyl (C=O) groups is 1. The van der Waals surface area contributed by atoms with E-state index in [0.717, 1.165) is 30.9 Å². The summed E-state index contributed by atoms with van der Waals surface area (Å²) in [5.74, 6) is 0.644. The monoisotopic (exact) mass is 465 g/mol. The van der Waals surface area contributed by atoms with Gasteiger partial charge < -0.3 is 24.8 Å². The van der Waals surface area contributed by atoms with E-state index in [1.54, 1.807) is 56.7 Å². The van der Waals surface area contributed by atoms with Gasteiger partial charge in [-0.1, -0.05) is 42.5 Å². The van der Waals surface area contributed by atoms with Gasteiger partial charge >= 0.3 is 5.97 Å². The lowest BCUT2D eigenvalue weighted by atomic mass is 9.88. The van der Waals surface area contributed by atoms with E-state index in [1.807, 2.05) is 12.1 Å². The zero-order valence-electron chi connectivity index (χ0n) is 19.6. The Kier molecular flexibility index (Phi) is 8.51. The van der Waals surface area contributed by atoms with Crippen molar-refractivity contribution >= 4 is 5.97 Å². The smallest absolute Gasteiger partial charge is 0.337 e. The first-order valence-electron chi connectivity index (χ1n) is 11.0. The second kappa shape index (κ2) is 11.5. The van der Waals surface area contributed by atoms with E-state index < -0.39 is 12.1 Å². The molecule has 3 N–H and O–H groups in total. The van der Waals surface area contributed by atoms with Crippen LogP contribution in [0.25, 0.3) is 0 Å². The third-order valence-electron chi connectivity index (χ3n) is 5.98. The van der Waals surface area contributed by atoms with Crippen LogP contribution in [0.2, 0.25) is 0 Å². The summed E-state index contributed by atoms with van der Waals surface area (Å²) in [4.78, 5) is 12.6. The summed E-state index contributed by atoms with van der Waals surface area (Å²) < 4.78 is 10.9. The lowest BCUT2D eigenvalue weighted by Crippen LogP contribution is -2.33. The fourth-order valence-corrected chi connectivity index (χ4v) is 4.05. The van der Waals surface area contributed by atoms with Crippen molar-refractivity contribution in [2.24, 2.45) is 0 Å². The molecule has 2 unspecified atom stereocenters. The van der Waals surface area contributed by atoms with Crippen molar-refractivity contribution in [3.8, 4) is 17.2 Å². The van der Waals surface area contributed by atoms with Crippen LogP contribution in [0.1, 0.15) is 34.4 Å². The molecule has 2 atom stereocenters. The SMILES string of the molecule is COc1cc2c(cc1OC)C(Cc1ccc(O)cc1)N(C)CC2.O=C(O)C(O)c1ccccc1. The molecule has 0 bridgehead atoms. The fourth-order valence-electron chi connectivity index (χ4n) is 4.05. The number of methoxy groups -OCH3 is 2. The summed E-state index contributed by atoms with van der Waals surface area (Å²) in [6.07, 6.45) is 0.508. The minimum atomic E-state index is -1.41. The molecule has 1 heterocycles. The Morgan fingerprint density at radius 3 is 2.24 bits per heavy atom. The summed E-state index contributed by atoms with van der Waals surface area (Å²) in [7, 11) is 5.50. The zero-order chi connectivity index (χ0) is 24.7. The maximum absolute atomic E-state index is 10.2. The molecule has 4 rings (SSSR count). The first kappa shape index (κ1) is 25.1. The number of aliphatic hydroxyl groups excluding tert-OH is 1. The maximum atomic E-state index is 10.2. The lowest BCUT2D eigenvalue weighted by molar-refractivity contribution is -0.146. The average Bonchev–Trinajstić information content (AvgIpc) is 2.86. The van der Waals surface area contributed by atoms with Crippen LogP contribution in [0.3, 0.4) is 0 Å². The highest BCUT2D eigenvalue weighted by Crippen LogP contribution is 2.38. The highest BCUT2D eigenvalue weighted by atomic mass is 16.5. The van der Waals surface area contributed by atoms with E-state index >= 15 is 0 Å². The number of rotatable bonds is 6. The summed E-state index contributed by atoms with van der Waals surface area (Å²) in [6, 6.07) is 20.2. The van der Waals surface area contributed by atoms with Gasteiger partial charge in [-0.25, -0.2) is 4.79 Å². The van der Waals surface area contributed by atoms with Gasteiger partial charge in [0.2, 0.25) is 0 Å². The Bertz CT molecular complexity index is 1080. The topological polar surface area (TPSA) is 99.5 Å². The maximum Gasteiger partial charge on any atom is 0.337 e. The van der Waals surface area contributed by atoms with Crippen LogP contribution in [-0.4, -0.2) is 54.0 Å². The van der Waals surface area contributed by atoms with Crippen molar-refractivity contribution in [1.29, 1.82) is 0 Å². The first-order chi connectivity index (χ1) is 16.3. The number of hydrogen-bond acceptors (Lipinski definition) is 6. The summed E-state index contributed by atoms with van der Waals surface area (Å²) in [5, 5.41) is 26.8.